The van der Waals surface area contributed by atoms with Crippen LogP contribution in [-0.2, 0) is 7.05 Å². The first kappa shape index (κ1) is 24.8. The van der Waals surface area contributed by atoms with Crippen molar-refractivity contribution in [3.63, 3.8) is 0 Å². The second-order valence-electron chi connectivity index (χ2n) is 8.82. The monoisotopic (exact) mass is 510 g/mol. The summed E-state index contributed by atoms with van der Waals surface area (Å²) in [6.07, 6.45) is 6.54. The highest BCUT2D eigenvalue weighted by Crippen LogP contribution is 2.26. The molecule has 3 heterocycles. The van der Waals surface area contributed by atoms with E-state index in [0.29, 0.717) is 17.3 Å². The Balaban J connectivity index is 1.42. The predicted octanol–water partition coefficient (Wildman–Crippen LogP) is 3.27. The summed E-state index contributed by atoms with van der Waals surface area (Å²) >= 11 is 0. The number of imidazole rings is 3. The Labute approximate surface area is 219 Å². The Hall–Kier alpha value is -4.90. The maximum absolute atomic E-state index is 12.6. The molecule has 0 aliphatic rings. The number of amides is 1. The number of rotatable bonds is 10. The van der Waals surface area contributed by atoms with E-state index in [-0.39, 0.29) is 5.91 Å². The third-order valence-electron chi connectivity index (χ3n) is 6.20. The quantitative estimate of drug-likeness (QED) is 0.182. The van der Waals surface area contributed by atoms with Gasteiger partial charge in [-0.15, -0.1) is 0 Å². The topological polar surface area (TPSA) is 132 Å². The number of hydrogen-bond acceptors (Lipinski definition) is 7. The highest BCUT2D eigenvalue weighted by molar-refractivity contribution is 5.92. The van der Waals surface area contributed by atoms with E-state index in [2.05, 4.69) is 43.5 Å². The molecule has 11 heteroatoms. The first-order valence-electron chi connectivity index (χ1n) is 12.2. The van der Waals surface area contributed by atoms with Crippen molar-refractivity contribution in [2.24, 2.45) is 7.05 Å². The third-order valence-corrected chi connectivity index (χ3v) is 6.20. The molecule has 5 N–H and O–H groups in total. The molecule has 0 aliphatic carbocycles. The predicted molar refractivity (Wildman–Crippen MR) is 150 cm³/mol. The number of aromatic amines is 2. The van der Waals surface area contributed by atoms with Gasteiger partial charge in [-0.1, -0.05) is 6.58 Å². The number of carbonyl (C=O) groups is 1. The SMILES string of the molecule is C=CN(C)/C(=C\NC(=O)c1nccn1C)c1nc2ccc(-c3nc4ccc(NCCNC)cc4[nH]3)cc2[nH]1. The van der Waals surface area contributed by atoms with Gasteiger partial charge in [-0.3, -0.25) is 4.79 Å². The number of H-pyrrole nitrogens is 2. The van der Waals surface area contributed by atoms with Crippen LogP contribution in [0.1, 0.15) is 16.4 Å². The minimum absolute atomic E-state index is 0.308. The number of fused-ring (bicyclic) bond motifs is 2. The smallest absolute Gasteiger partial charge is 0.291 e. The second-order valence-corrected chi connectivity index (χ2v) is 8.82. The molecule has 0 saturated heterocycles. The molecule has 5 rings (SSSR count). The van der Waals surface area contributed by atoms with Crippen LogP contribution in [0.25, 0.3) is 39.2 Å². The van der Waals surface area contributed by atoms with E-state index in [1.807, 2.05) is 44.4 Å². The van der Waals surface area contributed by atoms with Gasteiger partial charge in [0.1, 0.15) is 11.5 Å². The van der Waals surface area contributed by atoms with Gasteiger partial charge in [0.25, 0.3) is 5.91 Å². The average molecular weight is 511 g/mol. The number of aromatic nitrogens is 6. The molecule has 11 nitrogen and oxygen atoms in total. The number of hydrogen-bond donors (Lipinski definition) is 5. The maximum atomic E-state index is 12.6. The summed E-state index contributed by atoms with van der Waals surface area (Å²) < 4.78 is 1.65. The van der Waals surface area contributed by atoms with Crippen molar-refractivity contribution >= 4 is 39.4 Å². The van der Waals surface area contributed by atoms with Crippen molar-refractivity contribution < 1.29 is 4.79 Å². The number of anilines is 1. The van der Waals surface area contributed by atoms with Crippen molar-refractivity contribution in [1.29, 1.82) is 0 Å². The fraction of sp³-hybridized carbons (Fsp3) is 0.185. The molecule has 5 aromatic rings. The minimum Gasteiger partial charge on any atom is -0.384 e. The van der Waals surface area contributed by atoms with Crippen molar-refractivity contribution in [3.05, 3.63) is 79.4 Å². The molecule has 0 saturated carbocycles. The molecule has 0 bridgehead atoms. The van der Waals surface area contributed by atoms with Gasteiger partial charge in [0.15, 0.2) is 11.6 Å². The fourth-order valence-electron chi connectivity index (χ4n) is 4.08. The number of nitrogens with zero attached hydrogens (tertiary/aromatic N) is 5. The van der Waals surface area contributed by atoms with Crippen LogP contribution in [-0.4, -0.2) is 67.5 Å². The van der Waals surface area contributed by atoms with Gasteiger partial charge >= 0.3 is 0 Å². The first-order chi connectivity index (χ1) is 18.5. The Morgan fingerprint density at radius 1 is 1.11 bits per heavy atom. The lowest BCUT2D eigenvalue weighted by Crippen LogP contribution is -2.23. The molecule has 0 atom stereocenters. The Kier molecular flexibility index (Phi) is 6.92. The molecular formula is C27H30N10O. The van der Waals surface area contributed by atoms with Crippen LogP contribution in [0.15, 0.2) is 67.8 Å². The van der Waals surface area contributed by atoms with E-state index < -0.39 is 0 Å². The summed E-state index contributed by atoms with van der Waals surface area (Å²) in [4.78, 5) is 34.7. The fourth-order valence-corrected chi connectivity index (χ4v) is 4.08. The Morgan fingerprint density at radius 3 is 2.66 bits per heavy atom. The van der Waals surface area contributed by atoms with E-state index in [1.165, 1.54) is 0 Å². The largest absolute Gasteiger partial charge is 0.384 e. The lowest BCUT2D eigenvalue weighted by atomic mass is 10.2. The third kappa shape index (κ3) is 5.00. The molecular weight excluding hydrogens is 480 g/mol. The van der Waals surface area contributed by atoms with Crippen molar-refractivity contribution in [3.8, 4) is 11.4 Å². The average Bonchev–Trinajstić information content (AvgIpc) is 3.65. The molecule has 2 aromatic carbocycles. The van der Waals surface area contributed by atoms with Crippen LogP contribution >= 0.6 is 0 Å². The highest BCUT2D eigenvalue weighted by Gasteiger charge is 2.15. The maximum Gasteiger partial charge on any atom is 0.291 e. The van der Waals surface area contributed by atoms with Gasteiger partial charge in [0, 0.05) is 57.0 Å². The van der Waals surface area contributed by atoms with Crippen LogP contribution in [0.3, 0.4) is 0 Å². The normalized spacial score (nSPS) is 11.7. The first-order valence-corrected chi connectivity index (χ1v) is 12.2. The number of likely N-dealkylation sites (N-methyl/N-ethyl adjacent to an activating group) is 1. The standard InChI is InChI=1S/C27H30N10O/c1-5-36(3)23(16-31-27(38)26-30-12-13-37(26)4)25-33-19-8-6-17(14-21(19)35-25)24-32-20-9-7-18(15-22(20)34-24)29-11-10-28-2/h5-9,12-16,28-29H,1,10-11H2,2-4H3,(H,31,38)(H,32,34)(H,33,35)/b23-16-. The van der Waals surface area contributed by atoms with E-state index in [4.69, 9.17) is 9.97 Å². The molecule has 3 aromatic heterocycles. The molecule has 0 unspecified atom stereocenters. The number of benzene rings is 2. The van der Waals surface area contributed by atoms with E-state index in [1.54, 1.807) is 41.3 Å². The second kappa shape index (κ2) is 10.6. The molecule has 38 heavy (non-hydrogen) atoms. The number of aryl methyl sites for hydroxylation is 1. The van der Waals surface area contributed by atoms with Gasteiger partial charge < -0.3 is 35.4 Å². The summed E-state index contributed by atoms with van der Waals surface area (Å²) in [5.41, 5.74) is 6.09. The Morgan fingerprint density at radius 2 is 1.89 bits per heavy atom. The zero-order chi connectivity index (χ0) is 26.6. The van der Waals surface area contributed by atoms with Crippen molar-refractivity contribution in [2.45, 2.75) is 0 Å². The zero-order valence-corrected chi connectivity index (χ0v) is 21.5. The summed E-state index contributed by atoms with van der Waals surface area (Å²) in [5.74, 6) is 1.34. The number of nitrogens with one attached hydrogen (secondary N) is 5. The lowest BCUT2D eigenvalue weighted by Gasteiger charge is -2.16. The molecule has 1 amide bonds. The summed E-state index contributed by atoms with van der Waals surface area (Å²) in [6.45, 7) is 5.57. The van der Waals surface area contributed by atoms with Gasteiger partial charge in [0.2, 0.25) is 0 Å². The summed E-state index contributed by atoms with van der Waals surface area (Å²) in [5, 5.41) is 9.32. The molecule has 0 fully saturated rings. The Bertz CT molecular complexity index is 1640. The molecule has 0 radical (unpaired) electrons. The molecule has 0 spiro atoms. The molecule has 194 valence electrons. The van der Waals surface area contributed by atoms with E-state index in [9.17, 15) is 4.79 Å². The highest BCUT2D eigenvalue weighted by atomic mass is 16.2. The van der Waals surface area contributed by atoms with Crippen LogP contribution in [0.4, 0.5) is 5.69 Å². The van der Waals surface area contributed by atoms with Crippen LogP contribution in [0.2, 0.25) is 0 Å². The molecule has 0 aliphatic heterocycles. The van der Waals surface area contributed by atoms with Crippen molar-refractivity contribution in [1.82, 2.24) is 45.0 Å². The lowest BCUT2D eigenvalue weighted by molar-refractivity contribution is 0.0957. The van der Waals surface area contributed by atoms with Crippen LogP contribution in [0.5, 0.6) is 0 Å². The van der Waals surface area contributed by atoms with Gasteiger partial charge in [-0.05, 0) is 49.6 Å². The van der Waals surface area contributed by atoms with Gasteiger partial charge in [-0.25, -0.2) is 15.0 Å². The van der Waals surface area contributed by atoms with Crippen molar-refractivity contribution in [2.75, 3.05) is 32.5 Å². The minimum atomic E-state index is -0.323. The van der Waals surface area contributed by atoms with Crippen LogP contribution in [0, 0.1) is 0 Å². The van der Waals surface area contributed by atoms with Gasteiger partial charge in [-0.2, -0.15) is 0 Å². The summed E-state index contributed by atoms with van der Waals surface area (Å²) in [7, 11) is 5.53. The van der Waals surface area contributed by atoms with E-state index >= 15 is 0 Å². The zero-order valence-electron chi connectivity index (χ0n) is 21.5. The van der Waals surface area contributed by atoms with Gasteiger partial charge in [0.05, 0.1) is 22.1 Å². The van der Waals surface area contributed by atoms with E-state index in [0.717, 1.165) is 52.2 Å². The summed E-state index contributed by atoms with van der Waals surface area (Å²) in [6, 6.07) is 12.0. The number of carbonyl (C=O) groups excluding carboxylic acids is 1. The van der Waals surface area contributed by atoms with Crippen LogP contribution < -0.4 is 16.0 Å².